The van der Waals surface area contributed by atoms with Crippen molar-refractivity contribution in [3.63, 3.8) is 0 Å². The molecule has 0 N–H and O–H groups in total. The summed E-state index contributed by atoms with van der Waals surface area (Å²) in [6.07, 6.45) is 0. The van der Waals surface area contributed by atoms with Crippen molar-refractivity contribution in [2.45, 2.75) is 15.9 Å². The molecule has 0 aromatic heterocycles. The summed E-state index contributed by atoms with van der Waals surface area (Å²) in [7, 11) is 0. The Kier molecular flexibility index (Phi) is 9.32. The Hall–Kier alpha value is 0.978. The van der Waals surface area contributed by atoms with Gasteiger partial charge < -0.3 is 0 Å². The monoisotopic (exact) mass is 276 g/mol. The van der Waals surface area contributed by atoms with Crippen molar-refractivity contribution in [1.29, 1.82) is 0 Å². The number of halogens is 1. The van der Waals surface area contributed by atoms with Crippen molar-refractivity contribution < 1.29 is 17.3 Å². The van der Waals surface area contributed by atoms with Crippen LogP contribution in [0.2, 0.25) is 15.9 Å². The Morgan fingerprint density at radius 1 is 1.00 bits per heavy atom. The van der Waals surface area contributed by atoms with Crippen LogP contribution in [0.15, 0.2) is 0 Å². The van der Waals surface area contributed by atoms with E-state index < -0.39 is 0 Å². The van der Waals surface area contributed by atoms with Gasteiger partial charge in [-0.1, -0.05) is 0 Å². The summed E-state index contributed by atoms with van der Waals surface area (Å²) in [5.41, 5.74) is 0. The molecule has 5 heavy (non-hydrogen) atoms. The zero-order chi connectivity index (χ0) is 3.58. The molecule has 0 aliphatic heterocycles. The third-order valence-corrected chi connectivity index (χ3v) is 0. The van der Waals surface area contributed by atoms with Gasteiger partial charge in [-0.3, -0.25) is 0 Å². The van der Waals surface area contributed by atoms with Gasteiger partial charge in [0.25, 0.3) is 0 Å². The van der Waals surface area contributed by atoms with Gasteiger partial charge in [0.15, 0.2) is 0 Å². The van der Waals surface area contributed by atoms with Crippen molar-refractivity contribution >= 4 is 12.4 Å². The molecular weight excluding hydrogens is 267 g/mol. The predicted octanol–water partition coefficient (Wildman–Crippen LogP) is 2.17. The number of hydrogen-bond acceptors (Lipinski definition) is 0. The first kappa shape index (κ1) is 9.36. The van der Waals surface area contributed by atoms with Crippen molar-refractivity contribution in [2.75, 3.05) is 0 Å². The minimum atomic E-state index is -0.269. The Morgan fingerprint density at radius 2 is 1.00 bits per heavy atom. The second-order valence-electron chi connectivity index (χ2n) is 0.949. The first-order valence-corrected chi connectivity index (χ1v) is 7.77. The van der Waals surface area contributed by atoms with Gasteiger partial charge in [0, 0.05) is 0 Å². The van der Waals surface area contributed by atoms with Gasteiger partial charge in [-0.25, -0.2) is 0 Å². The van der Waals surface area contributed by atoms with E-state index in [0.717, 1.165) is 0 Å². The zero-order valence-corrected chi connectivity index (χ0v) is 6.81. The third-order valence-electron chi connectivity index (χ3n) is 0. The van der Waals surface area contributed by atoms with Crippen molar-refractivity contribution in [2.24, 2.45) is 0 Å². The summed E-state index contributed by atoms with van der Waals surface area (Å²) in [6.45, 7) is 0. The standard InChI is InChI=1S/3CH3.ClH.Pt/h3*1H3;1H;. The van der Waals surface area contributed by atoms with Gasteiger partial charge in [-0.05, 0) is 0 Å². The van der Waals surface area contributed by atoms with Crippen LogP contribution in [0.5, 0.6) is 0 Å². The van der Waals surface area contributed by atoms with Gasteiger partial charge >= 0.3 is 33.3 Å². The molecule has 0 atom stereocenters. The Labute approximate surface area is 45.9 Å². The Bertz CT molecular complexity index is 11.6. The summed E-state index contributed by atoms with van der Waals surface area (Å²) in [5, 5.41) is 6.97. The van der Waals surface area contributed by atoms with E-state index in [0.29, 0.717) is 0 Å². The molecule has 0 fully saturated rings. The van der Waals surface area contributed by atoms with Crippen molar-refractivity contribution in [3.05, 3.63) is 0 Å². The molecule has 0 aromatic carbocycles. The summed E-state index contributed by atoms with van der Waals surface area (Å²) in [4.78, 5) is 0. The Balaban J connectivity index is 0. The molecule has 0 aromatic rings. The van der Waals surface area contributed by atoms with Crippen LogP contribution in [0.4, 0.5) is 0 Å². The summed E-state index contributed by atoms with van der Waals surface area (Å²) >= 11 is -0.269. The van der Waals surface area contributed by atoms with Crippen LogP contribution >= 0.6 is 12.4 Å². The summed E-state index contributed by atoms with van der Waals surface area (Å²) in [6, 6.07) is 0. The van der Waals surface area contributed by atoms with Crippen LogP contribution in [-0.2, 0) is 17.3 Å². The average molecular weight is 277 g/mol. The SMILES string of the molecule is Cl.[CH3][Pt]([CH3])[CH3]. The van der Waals surface area contributed by atoms with Crippen LogP contribution in [0.1, 0.15) is 0 Å². The van der Waals surface area contributed by atoms with E-state index in [1.54, 1.807) is 0 Å². The Morgan fingerprint density at radius 3 is 1.00 bits per heavy atom. The van der Waals surface area contributed by atoms with E-state index in [1.165, 1.54) is 0 Å². The molecule has 0 bridgehead atoms. The molecule has 0 rings (SSSR count). The molecule has 0 amide bonds. The molecule has 0 heterocycles. The first-order chi connectivity index (χ1) is 1.73. The normalized spacial score (nSPS) is 9.00. The summed E-state index contributed by atoms with van der Waals surface area (Å²) in [5.74, 6) is 0. The van der Waals surface area contributed by atoms with Gasteiger partial charge in [0.2, 0.25) is 0 Å². The van der Waals surface area contributed by atoms with E-state index >= 15 is 0 Å². The molecule has 0 nitrogen and oxygen atoms in total. The molecule has 0 unspecified atom stereocenters. The van der Waals surface area contributed by atoms with Crippen LogP contribution in [0.3, 0.4) is 0 Å². The maximum atomic E-state index is 2.32. The predicted molar refractivity (Wildman–Crippen MR) is 24.8 cm³/mol. The van der Waals surface area contributed by atoms with Crippen molar-refractivity contribution in [1.82, 2.24) is 0 Å². The first-order valence-electron chi connectivity index (χ1n) is 0.949. The van der Waals surface area contributed by atoms with Crippen LogP contribution in [0, 0.1) is 0 Å². The van der Waals surface area contributed by atoms with Crippen LogP contribution < -0.4 is 0 Å². The molecule has 0 spiro atoms. The number of hydrogen-bond donors (Lipinski definition) is 0. The maximum absolute atomic E-state index is 2.32. The summed E-state index contributed by atoms with van der Waals surface area (Å²) < 4.78 is 0. The molecule has 0 saturated heterocycles. The van der Waals surface area contributed by atoms with Crippen LogP contribution in [-0.4, -0.2) is 0 Å². The molecular formula is C3H10ClPt. The van der Waals surface area contributed by atoms with E-state index in [-0.39, 0.29) is 29.7 Å². The van der Waals surface area contributed by atoms with Gasteiger partial charge in [-0.2, -0.15) is 0 Å². The van der Waals surface area contributed by atoms with E-state index in [4.69, 9.17) is 0 Å². The molecule has 39 valence electrons. The fraction of sp³-hybridized carbons (Fsp3) is 1.00. The third kappa shape index (κ3) is 46.1. The van der Waals surface area contributed by atoms with Crippen LogP contribution in [0.25, 0.3) is 0 Å². The quantitative estimate of drug-likeness (QED) is 0.636. The molecule has 0 aliphatic carbocycles. The molecule has 0 aliphatic rings. The fourth-order valence-electron chi connectivity index (χ4n) is 0. The molecule has 0 saturated carbocycles. The molecule has 0 radical (unpaired) electrons. The fourth-order valence-corrected chi connectivity index (χ4v) is 0. The molecule has 2 heteroatoms. The topological polar surface area (TPSA) is 0 Å². The number of rotatable bonds is 0. The van der Waals surface area contributed by atoms with Crippen molar-refractivity contribution in [3.8, 4) is 0 Å². The van der Waals surface area contributed by atoms with E-state index in [2.05, 4.69) is 15.9 Å². The zero-order valence-electron chi connectivity index (χ0n) is 3.72. The van der Waals surface area contributed by atoms with E-state index in [9.17, 15) is 0 Å². The minimum absolute atomic E-state index is 0. The van der Waals surface area contributed by atoms with Gasteiger partial charge in [0.1, 0.15) is 0 Å². The second kappa shape index (κ2) is 4.98. The van der Waals surface area contributed by atoms with Gasteiger partial charge in [0.05, 0.1) is 0 Å². The van der Waals surface area contributed by atoms with E-state index in [1.807, 2.05) is 0 Å². The average Bonchev–Trinajstić information content (AvgIpc) is 0.811. The second-order valence-corrected chi connectivity index (χ2v) is 7.77. The van der Waals surface area contributed by atoms with Gasteiger partial charge in [-0.15, -0.1) is 12.4 Å².